The minimum absolute atomic E-state index is 0.0971. The van der Waals surface area contributed by atoms with Gasteiger partial charge in [0, 0.05) is 19.5 Å². The summed E-state index contributed by atoms with van der Waals surface area (Å²) in [5.41, 5.74) is 0.0971. The highest BCUT2D eigenvalue weighted by molar-refractivity contribution is 5.83. The Labute approximate surface area is 96.0 Å². The third-order valence-electron chi connectivity index (χ3n) is 3.11. The summed E-state index contributed by atoms with van der Waals surface area (Å²) in [5.74, 6) is -4.08. The van der Waals surface area contributed by atoms with Gasteiger partial charge in [-0.1, -0.05) is 27.7 Å². The standard InChI is InChI=1S/C10H15F2NO.C2H6/c1-9(2)3-4-13(6-9)8(14)7-5-10(7,11)12;1-2/h7H,3-6H2,1-2H3;1-2H3. The molecule has 16 heavy (non-hydrogen) atoms. The fraction of sp³-hybridized carbons (Fsp3) is 0.917. The number of hydrogen-bond acceptors (Lipinski definition) is 1. The van der Waals surface area contributed by atoms with Crippen molar-refractivity contribution in [1.29, 1.82) is 0 Å². The van der Waals surface area contributed by atoms with Crippen LogP contribution >= 0.6 is 0 Å². The number of carbonyl (C=O) groups excluding carboxylic acids is 1. The Kier molecular flexibility index (Phi) is 3.60. The maximum Gasteiger partial charge on any atom is 0.260 e. The van der Waals surface area contributed by atoms with E-state index < -0.39 is 11.8 Å². The number of likely N-dealkylation sites (tertiary alicyclic amines) is 1. The Morgan fingerprint density at radius 1 is 1.31 bits per heavy atom. The average Bonchev–Trinajstić information content (AvgIpc) is 2.67. The molecule has 1 amide bonds. The molecule has 2 rings (SSSR count). The smallest absolute Gasteiger partial charge is 0.260 e. The first-order chi connectivity index (χ1) is 7.32. The van der Waals surface area contributed by atoms with E-state index in [4.69, 9.17) is 0 Å². The molecule has 1 heterocycles. The molecule has 0 aromatic carbocycles. The van der Waals surface area contributed by atoms with E-state index >= 15 is 0 Å². The molecule has 0 spiro atoms. The molecule has 1 saturated carbocycles. The van der Waals surface area contributed by atoms with Crippen LogP contribution in [-0.2, 0) is 4.79 Å². The van der Waals surface area contributed by atoms with Crippen LogP contribution in [0.2, 0.25) is 0 Å². The van der Waals surface area contributed by atoms with Crippen LogP contribution in [0.4, 0.5) is 8.78 Å². The SMILES string of the molecule is CC.CC1(C)CCN(C(=O)C2CC2(F)F)C1. The zero-order valence-corrected chi connectivity index (χ0v) is 10.5. The van der Waals surface area contributed by atoms with Crippen molar-refractivity contribution in [2.75, 3.05) is 13.1 Å². The van der Waals surface area contributed by atoms with E-state index in [2.05, 4.69) is 13.8 Å². The molecule has 0 radical (unpaired) electrons. The number of halogens is 2. The second-order valence-electron chi connectivity index (χ2n) is 5.19. The van der Waals surface area contributed by atoms with Gasteiger partial charge >= 0.3 is 0 Å². The predicted octanol–water partition coefficient (Wildman–Crippen LogP) is 2.93. The lowest BCUT2D eigenvalue weighted by Crippen LogP contribution is -2.32. The second-order valence-corrected chi connectivity index (χ2v) is 5.19. The van der Waals surface area contributed by atoms with Crippen molar-refractivity contribution >= 4 is 5.91 Å². The summed E-state index contributed by atoms with van der Waals surface area (Å²) in [6.07, 6.45) is 0.666. The molecule has 0 aromatic heterocycles. The minimum atomic E-state index is -2.72. The van der Waals surface area contributed by atoms with Gasteiger partial charge in [-0.2, -0.15) is 0 Å². The summed E-state index contributed by atoms with van der Waals surface area (Å²) in [4.78, 5) is 13.1. The lowest BCUT2D eigenvalue weighted by Gasteiger charge is -2.19. The van der Waals surface area contributed by atoms with E-state index in [1.807, 2.05) is 13.8 Å². The quantitative estimate of drug-likeness (QED) is 0.682. The fourth-order valence-electron chi connectivity index (χ4n) is 2.00. The highest BCUT2D eigenvalue weighted by Gasteiger charge is 2.62. The monoisotopic (exact) mass is 233 g/mol. The highest BCUT2D eigenvalue weighted by Crippen LogP contribution is 2.50. The van der Waals surface area contributed by atoms with Crippen LogP contribution in [0.15, 0.2) is 0 Å². The Morgan fingerprint density at radius 2 is 1.81 bits per heavy atom. The van der Waals surface area contributed by atoms with Crippen LogP contribution in [0.1, 0.15) is 40.5 Å². The van der Waals surface area contributed by atoms with Gasteiger partial charge in [-0.25, -0.2) is 8.78 Å². The summed E-state index contributed by atoms with van der Waals surface area (Å²) in [6, 6.07) is 0. The van der Waals surface area contributed by atoms with Crippen molar-refractivity contribution in [1.82, 2.24) is 4.90 Å². The Hall–Kier alpha value is -0.670. The van der Waals surface area contributed by atoms with Crippen molar-refractivity contribution in [3.8, 4) is 0 Å². The first-order valence-corrected chi connectivity index (χ1v) is 5.98. The largest absolute Gasteiger partial charge is 0.342 e. The Bertz CT molecular complexity index is 276. The van der Waals surface area contributed by atoms with Crippen molar-refractivity contribution in [2.24, 2.45) is 11.3 Å². The van der Waals surface area contributed by atoms with Gasteiger partial charge in [0.1, 0.15) is 5.92 Å². The van der Waals surface area contributed by atoms with E-state index in [0.717, 1.165) is 6.42 Å². The Morgan fingerprint density at radius 3 is 2.12 bits per heavy atom. The normalized spacial score (nSPS) is 29.4. The molecule has 2 nitrogen and oxygen atoms in total. The summed E-state index contributed by atoms with van der Waals surface area (Å²) in [7, 11) is 0. The Balaban J connectivity index is 0.000000606. The first kappa shape index (κ1) is 13.4. The summed E-state index contributed by atoms with van der Waals surface area (Å²) in [5, 5.41) is 0. The van der Waals surface area contributed by atoms with Gasteiger partial charge in [-0.05, 0) is 11.8 Å². The van der Waals surface area contributed by atoms with Gasteiger partial charge in [0.15, 0.2) is 0 Å². The first-order valence-electron chi connectivity index (χ1n) is 5.98. The van der Waals surface area contributed by atoms with Crippen molar-refractivity contribution in [3.63, 3.8) is 0 Å². The molecular weight excluding hydrogens is 212 g/mol. The average molecular weight is 233 g/mol. The van der Waals surface area contributed by atoms with Gasteiger partial charge in [0.05, 0.1) is 0 Å². The van der Waals surface area contributed by atoms with Crippen LogP contribution in [0.3, 0.4) is 0 Å². The van der Waals surface area contributed by atoms with Crippen molar-refractivity contribution < 1.29 is 13.6 Å². The van der Waals surface area contributed by atoms with Crippen LogP contribution in [0.5, 0.6) is 0 Å². The van der Waals surface area contributed by atoms with Crippen molar-refractivity contribution in [3.05, 3.63) is 0 Å². The van der Waals surface area contributed by atoms with Crippen LogP contribution in [-0.4, -0.2) is 29.8 Å². The molecule has 0 N–H and O–H groups in total. The lowest BCUT2D eigenvalue weighted by molar-refractivity contribution is -0.134. The summed E-state index contributed by atoms with van der Waals surface area (Å²) in [6.45, 7) is 9.38. The van der Waals surface area contributed by atoms with E-state index in [1.165, 1.54) is 0 Å². The summed E-state index contributed by atoms with van der Waals surface area (Å²) >= 11 is 0. The van der Waals surface area contributed by atoms with Crippen molar-refractivity contribution in [2.45, 2.75) is 46.5 Å². The molecule has 1 saturated heterocycles. The van der Waals surface area contributed by atoms with E-state index in [0.29, 0.717) is 13.1 Å². The van der Waals surface area contributed by atoms with Gasteiger partial charge < -0.3 is 4.90 Å². The zero-order valence-electron chi connectivity index (χ0n) is 10.5. The number of carbonyl (C=O) groups is 1. The molecule has 0 aromatic rings. The fourth-order valence-corrected chi connectivity index (χ4v) is 2.00. The molecule has 0 bridgehead atoms. The number of nitrogens with zero attached hydrogens (tertiary/aromatic N) is 1. The maximum atomic E-state index is 12.6. The minimum Gasteiger partial charge on any atom is -0.342 e. The molecule has 1 unspecified atom stereocenters. The van der Waals surface area contributed by atoms with Gasteiger partial charge in [0.25, 0.3) is 5.92 Å². The number of hydrogen-bond donors (Lipinski definition) is 0. The third kappa shape index (κ3) is 2.71. The molecule has 2 aliphatic rings. The molecule has 94 valence electrons. The topological polar surface area (TPSA) is 20.3 Å². The predicted molar refractivity (Wildman–Crippen MR) is 59.4 cm³/mol. The van der Waals surface area contributed by atoms with E-state index in [-0.39, 0.29) is 17.7 Å². The van der Waals surface area contributed by atoms with Gasteiger partial charge in [-0.15, -0.1) is 0 Å². The second kappa shape index (κ2) is 4.30. The number of amides is 1. The third-order valence-corrected chi connectivity index (χ3v) is 3.11. The van der Waals surface area contributed by atoms with Gasteiger partial charge in [-0.3, -0.25) is 4.79 Å². The molecule has 2 fully saturated rings. The molecular formula is C12H21F2NO. The van der Waals surface area contributed by atoms with Gasteiger partial charge in [0.2, 0.25) is 5.91 Å². The molecule has 4 heteroatoms. The highest BCUT2D eigenvalue weighted by atomic mass is 19.3. The number of rotatable bonds is 1. The van der Waals surface area contributed by atoms with E-state index in [1.54, 1.807) is 4.90 Å². The molecule has 1 atom stereocenters. The van der Waals surface area contributed by atoms with E-state index in [9.17, 15) is 13.6 Å². The molecule has 1 aliphatic carbocycles. The van der Waals surface area contributed by atoms with Crippen LogP contribution < -0.4 is 0 Å². The van der Waals surface area contributed by atoms with Crippen LogP contribution in [0, 0.1) is 11.3 Å². The molecule has 1 aliphatic heterocycles. The number of alkyl halides is 2. The maximum absolute atomic E-state index is 12.6. The zero-order chi connectivity index (χ0) is 12.6. The summed E-state index contributed by atoms with van der Waals surface area (Å²) < 4.78 is 25.3. The van der Waals surface area contributed by atoms with Crippen LogP contribution in [0.25, 0.3) is 0 Å². The lowest BCUT2D eigenvalue weighted by atomic mass is 9.93.